The van der Waals surface area contributed by atoms with Crippen LogP contribution in [0.4, 0.5) is 17.3 Å². The summed E-state index contributed by atoms with van der Waals surface area (Å²) < 4.78 is 1.68. The van der Waals surface area contributed by atoms with Gasteiger partial charge >= 0.3 is 5.97 Å². The first kappa shape index (κ1) is 18.6. The number of benzene rings is 1. The van der Waals surface area contributed by atoms with Crippen molar-refractivity contribution in [1.29, 1.82) is 0 Å². The van der Waals surface area contributed by atoms with Crippen LogP contribution < -0.4 is 10.6 Å². The topological polar surface area (TPSA) is 122 Å². The Bertz CT molecular complexity index is 1100. The predicted molar refractivity (Wildman–Crippen MR) is 107 cm³/mol. The molecule has 1 fully saturated rings. The number of aliphatic carboxylic acids is 1. The fourth-order valence-corrected chi connectivity index (χ4v) is 3.06. The molecule has 0 unspecified atom stereocenters. The molecule has 3 N–H and O–H groups in total. The van der Waals surface area contributed by atoms with Gasteiger partial charge in [-0.05, 0) is 43.5 Å². The van der Waals surface area contributed by atoms with E-state index in [0.29, 0.717) is 24.5 Å². The van der Waals surface area contributed by atoms with Gasteiger partial charge in [-0.15, -0.1) is 0 Å². The molecule has 1 amide bonds. The predicted octanol–water partition coefficient (Wildman–Crippen LogP) is 2.73. The summed E-state index contributed by atoms with van der Waals surface area (Å²) in [7, 11) is 1.83. The minimum absolute atomic E-state index is 0.374. The molecule has 0 atom stereocenters. The Kier molecular flexibility index (Phi) is 4.50. The zero-order valence-corrected chi connectivity index (χ0v) is 16.0. The number of carboxylic acid groups (broad SMARTS) is 1. The summed E-state index contributed by atoms with van der Waals surface area (Å²) in [6, 6.07) is 7.28. The molecule has 1 aromatic carbocycles. The SMILES string of the molecule is Cc1cc(-c2ccnc(Nc3cnn(C)c3)n2)ccc1NC(=O)C1(C(=O)O)CC1. The largest absolute Gasteiger partial charge is 0.480 e. The van der Waals surface area contributed by atoms with Crippen LogP contribution in [0.15, 0.2) is 42.9 Å². The number of aryl methyl sites for hydroxylation is 2. The zero-order chi connectivity index (χ0) is 20.6. The Hall–Kier alpha value is -3.75. The molecule has 0 radical (unpaired) electrons. The van der Waals surface area contributed by atoms with E-state index < -0.39 is 17.3 Å². The highest BCUT2D eigenvalue weighted by Crippen LogP contribution is 2.47. The van der Waals surface area contributed by atoms with E-state index in [1.54, 1.807) is 29.2 Å². The molecule has 2 heterocycles. The molecule has 29 heavy (non-hydrogen) atoms. The fourth-order valence-electron chi connectivity index (χ4n) is 3.06. The second kappa shape index (κ2) is 7.01. The van der Waals surface area contributed by atoms with Crippen LogP contribution in [-0.4, -0.2) is 36.7 Å². The maximum Gasteiger partial charge on any atom is 0.319 e. The van der Waals surface area contributed by atoms with Crippen LogP contribution in [0.2, 0.25) is 0 Å². The average molecular weight is 392 g/mol. The van der Waals surface area contributed by atoms with E-state index in [1.165, 1.54) is 0 Å². The van der Waals surface area contributed by atoms with Gasteiger partial charge in [0.25, 0.3) is 0 Å². The number of aromatic nitrogens is 4. The Balaban J connectivity index is 1.53. The number of amides is 1. The molecule has 1 aliphatic rings. The maximum absolute atomic E-state index is 12.3. The number of carbonyl (C=O) groups excluding carboxylic acids is 1. The minimum atomic E-state index is -1.27. The molecule has 0 saturated heterocycles. The lowest BCUT2D eigenvalue weighted by molar-refractivity contribution is -0.147. The number of hydrogen-bond donors (Lipinski definition) is 3. The van der Waals surface area contributed by atoms with Crippen molar-refractivity contribution >= 4 is 29.2 Å². The second-order valence-electron chi connectivity index (χ2n) is 7.16. The molecule has 0 aliphatic heterocycles. The van der Waals surface area contributed by atoms with Crippen LogP contribution in [0.5, 0.6) is 0 Å². The molecular weight excluding hydrogens is 372 g/mol. The van der Waals surface area contributed by atoms with Gasteiger partial charge in [-0.3, -0.25) is 14.3 Å². The van der Waals surface area contributed by atoms with Gasteiger partial charge in [0.1, 0.15) is 5.41 Å². The van der Waals surface area contributed by atoms with Crippen molar-refractivity contribution in [2.75, 3.05) is 10.6 Å². The number of hydrogen-bond acceptors (Lipinski definition) is 6. The number of carbonyl (C=O) groups is 2. The summed E-state index contributed by atoms with van der Waals surface area (Å²) in [6.07, 6.45) is 5.91. The summed E-state index contributed by atoms with van der Waals surface area (Å²) >= 11 is 0. The fraction of sp³-hybridized carbons (Fsp3) is 0.250. The van der Waals surface area contributed by atoms with E-state index in [0.717, 1.165) is 22.5 Å². The van der Waals surface area contributed by atoms with Crippen LogP contribution in [0.1, 0.15) is 18.4 Å². The lowest BCUT2D eigenvalue weighted by Gasteiger charge is -2.14. The molecule has 3 aromatic rings. The molecule has 2 aromatic heterocycles. The van der Waals surface area contributed by atoms with Crippen LogP contribution >= 0.6 is 0 Å². The van der Waals surface area contributed by atoms with Crippen LogP contribution in [0.25, 0.3) is 11.3 Å². The number of nitrogens with one attached hydrogen (secondary N) is 2. The normalized spacial score (nSPS) is 14.3. The Morgan fingerprint density at radius 2 is 2.03 bits per heavy atom. The molecule has 1 aliphatic carbocycles. The summed E-state index contributed by atoms with van der Waals surface area (Å²) in [6.45, 7) is 1.86. The molecular formula is C20H20N6O3. The van der Waals surface area contributed by atoms with Crippen molar-refractivity contribution in [3.05, 3.63) is 48.4 Å². The minimum Gasteiger partial charge on any atom is -0.480 e. The summed E-state index contributed by atoms with van der Waals surface area (Å²) in [4.78, 5) is 32.4. The number of rotatable bonds is 6. The van der Waals surface area contributed by atoms with E-state index in [2.05, 4.69) is 25.7 Å². The van der Waals surface area contributed by atoms with E-state index in [1.807, 2.05) is 32.3 Å². The Morgan fingerprint density at radius 3 is 2.66 bits per heavy atom. The van der Waals surface area contributed by atoms with Crippen molar-refractivity contribution in [2.24, 2.45) is 12.5 Å². The molecule has 148 valence electrons. The molecule has 0 spiro atoms. The zero-order valence-electron chi connectivity index (χ0n) is 16.0. The van der Waals surface area contributed by atoms with E-state index in [9.17, 15) is 14.7 Å². The molecule has 0 bridgehead atoms. The third kappa shape index (κ3) is 3.66. The van der Waals surface area contributed by atoms with Gasteiger partial charge in [0, 0.05) is 30.7 Å². The average Bonchev–Trinajstić information content (AvgIpc) is 3.42. The first-order chi connectivity index (χ1) is 13.9. The Labute approximate surface area is 166 Å². The number of anilines is 3. The quantitative estimate of drug-likeness (QED) is 0.551. The third-order valence-corrected chi connectivity index (χ3v) is 4.98. The smallest absolute Gasteiger partial charge is 0.319 e. The lowest BCUT2D eigenvalue weighted by atomic mass is 10.0. The van der Waals surface area contributed by atoms with Crippen molar-refractivity contribution < 1.29 is 14.7 Å². The molecule has 1 saturated carbocycles. The van der Waals surface area contributed by atoms with Gasteiger partial charge in [0.05, 0.1) is 17.6 Å². The highest BCUT2D eigenvalue weighted by molar-refractivity contribution is 6.11. The molecule has 9 nitrogen and oxygen atoms in total. The monoisotopic (exact) mass is 392 g/mol. The van der Waals surface area contributed by atoms with Gasteiger partial charge in [0.15, 0.2) is 0 Å². The van der Waals surface area contributed by atoms with Crippen molar-refractivity contribution in [3.63, 3.8) is 0 Å². The van der Waals surface area contributed by atoms with E-state index in [-0.39, 0.29) is 0 Å². The summed E-state index contributed by atoms with van der Waals surface area (Å²) in [5.74, 6) is -1.09. The number of carboxylic acids is 1. The van der Waals surface area contributed by atoms with Crippen LogP contribution in [0, 0.1) is 12.3 Å². The first-order valence-electron chi connectivity index (χ1n) is 9.12. The third-order valence-electron chi connectivity index (χ3n) is 4.98. The van der Waals surface area contributed by atoms with Crippen LogP contribution in [0.3, 0.4) is 0 Å². The number of nitrogens with zero attached hydrogens (tertiary/aromatic N) is 4. The second-order valence-corrected chi connectivity index (χ2v) is 7.16. The van der Waals surface area contributed by atoms with Gasteiger partial charge in [-0.25, -0.2) is 9.97 Å². The molecule has 9 heteroatoms. The summed E-state index contributed by atoms with van der Waals surface area (Å²) in [5, 5.41) is 19.2. The first-order valence-corrected chi connectivity index (χ1v) is 9.12. The van der Waals surface area contributed by atoms with Gasteiger partial charge in [0.2, 0.25) is 11.9 Å². The van der Waals surface area contributed by atoms with Gasteiger partial charge in [-0.1, -0.05) is 6.07 Å². The standard InChI is InChI=1S/C20H20N6O3/c1-12-9-13(3-4-15(12)24-17(27)20(6-7-20)18(28)29)16-5-8-21-19(25-16)23-14-10-22-26(2)11-14/h3-5,8-11H,6-7H2,1-2H3,(H,24,27)(H,28,29)(H,21,23,25). The summed E-state index contributed by atoms with van der Waals surface area (Å²) in [5.41, 5.74) is 2.50. The van der Waals surface area contributed by atoms with Crippen molar-refractivity contribution in [3.8, 4) is 11.3 Å². The highest BCUT2D eigenvalue weighted by Gasteiger charge is 2.57. The highest BCUT2D eigenvalue weighted by atomic mass is 16.4. The maximum atomic E-state index is 12.3. The van der Waals surface area contributed by atoms with Crippen LogP contribution in [-0.2, 0) is 16.6 Å². The van der Waals surface area contributed by atoms with E-state index in [4.69, 9.17) is 0 Å². The molecule has 4 rings (SSSR count). The van der Waals surface area contributed by atoms with Crippen molar-refractivity contribution in [1.82, 2.24) is 19.7 Å². The lowest BCUT2D eigenvalue weighted by Crippen LogP contribution is -2.31. The Morgan fingerprint density at radius 1 is 1.24 bits per heavy atom. The van der Waals surface area contributed by atoms with E-state index >= 15 is 0 Å². The van der Waals surface area contributed by atoms with Crippen molar-refractivity contribution in [2.45, 2.75) is 19.8 Å². The van der Waals surface area contributed by atoms with Gasteiger partial charge < -0.3 is 15.7 Å². The van der Waals surface area contributed by atoms with Gasteiger partial charge in [-0.2, -0.15) is 5.10 Å².